The molecule has 4 N–H and O–H groups in total. The molecule has 0 saturated heterocycles. The molecule has 0 aliphatic heterocycles. The normalized spacial score (nSPS) is 27.6. The van der Waals surface area contributed by atoms with Crippen molar-refractivity contribution in [2.24, 2.45) is 22.4 Å². The SMILES string of the molecule is C[C@]12CCC3c4ccc(O)cc4CCC3C1CC[C@@H]2OC(=O)CCCCNC(=O)c1ccc(S(N)(=O)=O)cc1. The van der Waals surface area contributed by atoms with Gasteiger partial charge in [-0.1, -0.05) is 13.0 Å². The molecular weight excluding hydrogens is 516 g/mol. The molecule has 9 heteroatoms. The molecule has 2 aromatic rings. The Balaban J connectivity index is 1.07. The van der Waals surface area contributed by atoms with Crippen LogP contribution in [-0.4, -0.2) is 38.0 Å². The minimum atomic E-state index is -3.80. The van der Waals surface area contributed by atoms with Gasteiger partial charge in [-0.2, -0.15) is 0 Å². The first-order valence-corrected chi connectivity index (χ1v) is 15.5. The van der Waals surface area contributed by atoms with E-state index in [0.717, 1.165) is 38.5 Å². The second-order valence-electron chi connectivity index (χ2n) is 11.7. The molecule has 2 saturated carbocycles. The largest absolute Gasteiger partial charge is 0.508 e. The Morgan fingerprint density at radius 3 is 2.59 bits per heavy atom. The number of nitrogens with two attached hydrogens (primary N) is 1. The standard InChI is InChI=1S/C30H38N2O6S/c1-30-16-15-24-23-12-8-21(33)18-20(23)7-11-25(24)26(30)13-14-27(30)38-28(34)4-2-3-17-32-29(35)19-5-9-22(10-6-19)39(31,36)37/h5-6,8-10,12,18,24-27,33H,2-4,7,11,13-17H2,1H3,(H,32,35)(H2,31,36,37)/t24?,25?,26?,27-,30-/m0/s1. The van der Waals surface area contributed by atoms with Gasteiger partial charge in [-0.25, -0.2) is 13.6 Å². The summed E-state index contributed by atoms with van der Waals surface area (Å²) in [5.41, 5.74) is 3.05. The second kappa shape index (κ2) is 10.9. The number of primary sulfonamides is 1. The molecule has 2 aromatic carbocycles. The highest BCUT2D eigenvalue weighted by Gasteiger charge is 2.56. The second-order valence-corrected chi connectivity index (χ2v) is 13.2. The van der Waals surface area contributed by atoms with Crippen LogP contribution in [-0.2, 0) is 26.0 Å². The van der Waals surface area contributed by atoms with E-state index in [9.17, 15) is 23.1 Å². The number of carbonyl (C=O) groups excluding carboxylic acids is 2. The third-order valence-corrected chi connectivity index (χ3v) is 10.4. The molecule has 0 radical (unpaired) electrons. The average Bonchev–Trinajstić information content (AvgIpc) is 3.23. The zero-order valence-electron chi connectivity index (χ0n) is 22.4. The maximum Gasteiger partial charge on any atom is 0.306 e. The van der Waals surface area contributed by atoms with Crippen molar-refractivity contribution in [2.45, 2.75) is 81.6 Å². The van der Waals surface area contributed by atoms with E-state index in [-0.39, 0.29) is 28.3 Å². The Morgan fingerprint density at radius 2 is 1.85 bits per heavy atom. The van der Waals surface area contributed by atoms with Crippen LogP contribution in [0.15, 0.2) is 47.4 Å². The number of fused-ring (bicyclic) bond motifs is 5. The highest BCUT2D eigenvalue weighted by Crippen LogP contribution is 2.61. The lowest BCUT2D eigenvalue weighted by molar-refractivity contribution is -0.157. The molecule has 210 valence electrons. The lowest BCUT2D eigenvalue weighted by Crippen LogP contribution is -2.45. The fraction of sp³-hybridized carbons (Fsp3) is 0.533. The van der Waals surface area contributed by atoms with Crippen LogP contribution >= 0.6 is 0 Å². The van der Waals surface area contributed by atoms with Gasteiger partial charge in [0, 0.05) is 23.9 Å². The van der Waals surface area contributed by atoms with E-state index in [1.54, 1.807) is 0 Å². The van der Waals surface area contributed by atoms with Crippen molar-refractivity contribution in [1.82, 2.24) is 5.32 Å². The van der Waals surface area contributed by atoms with Gasteiger partial charge in [-0.15, -0.1) is 0 Å². The van der Waals surface area contributed by atoms with Gasteiger partial charge in [0.25, 0.3) is 5.91 Å². The zero-order valence-corrected chi connectivity index (χ0v) is 23.2. The van der Waals surface area contributed by atoms with E-state index >= 15 is 0 Å². The highest BCUT2D eigenvalue weighted by molar-refractivity contribution is 7.89. The van der Waals surface area contributed by atoms with Gasteiger partial charge in [0.15, 0.2) is 0 Å². The van der Waals surface area contributed by atoms with Gasteiger partial charge in [0.05, 0.1) is 4.90 Å². The minimum Gasteiger partial charge on any atom is -0.508 e. The Labute approximate surface area is 230 Å². The number of hydrogen-bond acceptors (Lipinski definition) is 6. The van der Waals surface area contributed by atoms with Crippen LogP contribution in [0.4, 0.5) is 0 Å². The number of benzene rings is 2. The fourth-order valence-electron chi connectivity index (χ4n) is 7.43. The number of phenols is 1. The molecule has 3 aliphatic rings. The molecule has 3 unspecified atom stereocenters. The van der Waals surface area contributed by atoms with Crippen molar-refractivity contribution in [3.63, 3.8) is 0 Å². The number of rotatable bonds is 8. The summed E-state index contributed by atoms with van der Waals surface area (Å²) in [5, 5.41) is 17.8. The van der Waals surface area contributed by atoms with Crippen molar-refractivity contribution in [3.05, 3.63) is 59.2 Å². The topological polar surface area (TPSA) is 136 Å². The molecule has 3 aliphatic carbocycles. The first-order chi connectivity index (χ1) is 18.6. The van der Waals surface area contributed by atoms with Crippen LogP contribution in [0.25, 0.3) is 0 Å². The summed E-state index contributed by atoms with van der Waals surface area (Å²) in [7, 11) is -3.80. The third kappa shape index (κ3) is 5.70. The number of amides is 1. The maximum absolute atomic E-state index is 12.7. The number of sulfonamides is 1. The van der Waals surface area contributed by atoms with E-state index in [1.807, 2.05) is 12.1 Å². The number of aryl methyl sites for hydroxylation is 1. The summed E-state index contributed by atoms with van der Waals surface area (Å²) in [6, 6.07) is 11.3. The third-order valence-electron chi connectivity index (χ3n) is 9.44. The van der Waals surface area contributed by atoms with Crippen LogP contribution < -0.4 is 10.5 Å². The molecule has 0 heterocycles. The number of ether oxygens (including phenoxy) is 1. The molecular formula is C30H38N2O6S. The maximum atomic E-state index is 12.7. The van der Waals surface area contributed by atoms with Crippen LogP contribution in [0.3, 0.4) is 0 Å². The van der Waals surface area contributed by atoms with Crippen LogP contribution in [0, 0.1) is 17.3 Å². The Kier molecular flexibility index (Phi) is 7.75. The molecule has 1 amide bonds. The van der Waals surface area contributed by atoms with Gasteiger partial charge in [-0.3, -0.25) is 9.59 Å². The van der Waals surface area contributed by atoms with Gasteiger partial charge in [0.2, 0.25) is 10.0 Å². The number of unbranched alkanes of at least 4 members (excludes halogenated alkanes) is 1. The lowest BCUT2D eigenvalue weighted by Gasteiger charge is -2.50. The fourth-order valence-corrected chi connectivity index (χ4v) is 7.94. The zero-order chi connectivity index (χ0) is 27.8. The Hall–Kier alpha value is -2.91. The van der Waals surface area contributed by atoms with Crippen LogP contribution in [0.5, 0.6) is 5.75 Å². The van der Waals surface area contributed by atoms with Crippen LogP contribution in [0.1, 0.15) is 85.7 Å². The van der Waals surface area contributed by atoms with Crippen molar-refractivity contribution in [3.8, 4) is 5.75 Å². The number of carbonyl (C=O) groups is 2. The molecule has 5 atom stereocenters. The lowest BCUT2D eigenvalue weighted by atomic mass is 9.55. The van der Waals surface area contributed by atoms with Crippen LogP contribution in [0.2, 0.25) is 0 Å². The first-order valence-electron chi connectivity index (χ1n) is 14.0. The summed E-state index contributed by atoms with van der Waals surface area (Å²) in [5.74, 6) is 1.55. The molecule has 5 rings (SSSR count). The molecule has 2 fully saturated rings. The number of aromatic hydroxyl groups is 1. The summed E-state index contributed by atoms with van der Waals surface area (Å²) in [6.07, 6.45) is 7.80. The van der Waals surface area contributed by atoms with Crippen molar-refractivity contribution >= 4 is 21.9 Å². The summed E-state index contributed by atoms with van der Waals surface area (Å²) < 4.78 is 28.8. The van der Waals surface area contributed by atoms with Crippen molar-refractivity contribution in [1.29, 1.82) is 0 Å². The smallest absolute Gasteiger partial charge is 0.306 e. The summed E-state index contributed by atoms with van der Waals surface area (Å²) in [6.45, 7) is 2.73. The molecule has 0 spiro atoms. The molecule has 0 bridgehead atoms. The van der Waals surface area contributed by atoms with E-state index < -0.39 is 10.0 Å². The molecule has 0 aromatic heterocycles. The number of nitrogens with one attached hydrogen (secondary N) is 1. The average molecular weight is 555 g/mol. The van der Waals surface area contributed by atoms with Crippen molar-refractivity contribution in [2.75, 3.05) is 6.54 Å². The minimum absolute atomic E-state index is 0.0119. The quantitative estimate of drug-likeness (QED) is 0.327. The predicted molar refractivity (Wildman–Crippen MR) is 147 cm³/mol. The van der Waals surface area contributed by atoms with Gasteiger partial charge < -0.3 is 15.2 Å². The highest BCUT2D eigenvalue weighted by atomic mass is 32.2. The number of esters is 1. The Bertz CT molecular complexity index is 1340. The number of hydrogen-bond donors (Lipinski definition) is 3. The molecule has 39 heavy (non-hydrogen) atoms. The van der Waals surface area contributed by atoms with Gasteiger partial charge >= 0.3 is 5.97 Å². The monoisotopic (exact) mass is 554 g/mol. The summed E-state index contributed by atoms with van der Waals surface area (Å²) >= 11 is 0. The molecule has 8 nitrogen and oxygen atoms in total. The van der Waals surface area contributed by atoms with E-state index in [0.29, 0.717) is 54.9 Å². The summed E-state index contributed by atoms with van der Waals surface area (Å²) in [4.78, 5) is 25.0. The van der Waals surface area contributed by atoms with Gasteiger partial charge in [-0.05, 0) is 117 Å². The number of phenolic OH excluding ortho intramolecular Hbond substituents is 1. The predicted octanol–water partition coefficient (Wildman–Crippen LogP) is 4.41. The first kappa shape index (κ1) is 27.6. The van der Waals surface area contributed by atoms with Crippen molar-refractivity contribution < 1.29 is 27.9 Å². The Morgan fingerprint density at radius 1 is 1.08 bits per heavy atom. The van der Waals surface area contributed by atoms with E-state index in [2.05, 4.69) is 18.3 Å². The van der Waals surface area contributed by atoms with E-state index in [4.69, 9.17) is 9.88 Å². The van der Waals surface area contributed by atoms with Gasteiger partial charge in [0.1, 0.15) is 11.9 Å². The van der Waals surface area contributed by atoms with E-state index in [1.165, 1.54) is 35.4 Å².